The summed E-state index contributed by atoms with van der Waals surface area (Å²) < 4.78 is 5.80. The van der Waals surface area contributed by atoms with Gasteiger partial charge >= 0.3 is 0 Å². The lowest BCUT2D eigenvalue weighted by Gasteiger charge is -2.08. The van der Waals surface area contributed by atoms with Crippen LogP contribution in [0.3, 0.4) is 0 Å². The highest BCUT2D eigenvalue weighted by atomic mass is 79.9. The van der Waals surface area contributed by atoms with Gasteiger partial charge < -0.3 is 15.8 Å². The van der Waals surface area contributed by atoms with Crippen LogP contribution in [-0.4, -0.2) is 13.0 Å². The van der Waals surface area contributed by atoms with Gasteiger partial charge in [0.1, 0.15) is 5.75 Å². The van der Waals surface area contributed by atoms with Gasteiger partial charge in [-0.2, -0.15) is 0 Å². The highest BCUT2D eigenvalue weighted by molar-refractivity contribution is 9.10. The van der Waals surface area contributed by atoms with Crippen molar-refractivity contribution in [3.63, 3.8) is 0 Å². The average molecular weight is 321 g/mol. The zero-order chi connectivity index (χ0) is 13.8. The van der Waals surface area contributed by atoms with Gasteiger partial charge in [0.05, 0.1) is 12.7 Å². The molecule has 0 fully saturated rings. The summed E-state index contributed by atoms with van der Waals surface area (Å²) >= 11 is 3.33. The number of hydrogen-bond acceptors (Lipinski definition) is 3. The van der Waals surface area contributed by atoms with Crippen molar-refractivity contribution in [2.75, 3.05) is 18.2 Å². The molecule has 2 rings (SSSR count). The third-order valence-electron chi connectivity index (χ3n) is 2.56. The van der Waals surface area contributed by atoms with E-state index in [0.717, 1.165) is 0 Å². The molecule has 5 heteroatoms. The number of nitrogens with two attached hydrogens (primary N) is 1. The number of hydrogen-bond donors (Lipinski definition) is 2. The number of halogens is 1. The van der Waals surface area contributed by atoms with E-state index in [1.54, 1.807) is 37.4 Å². The molecular weight excluding hydrogens is 308 g/mol. The molecule has 0 unspecified atom stereocenters. The summed E-state index contributed by atoms with van der Waals surface area (Å²) in [6.45, 7) is 0. The predicted octanol–water partition coefficient (Wildman–Crippen LogP) is 3.29. The van der Waals surface area contributed by atoms with E-state index in [1.165, 1.54) is 0 Å². The molecular formula is C14H13BrN2O2. The van der Waals surface area contributed by atoms with E-state index in [0.29, 0.717) is 27.2 Å². The van der Waals surface area contributed by atoms with Gasteiger partial charge in [0.25, 0.3) is 5.91 Å². The van der Waals surface area contributed by atoms with E-state index in [4.69, 9.17) is 10.5 Å². The molecule has 0 aliphatic carbocycles. The number of nitrogens with one attached hydrogen (secondary N) is 1. The van der Waals surface area contributed by atoms with Crippen LogP contribution in [-0.2, 0) is 0 Å². The SMILES string of the molecule is COc1cccc(NC(=O)c2cc(N)ccc2Br)c1. The average Bonchev–Trinajstić information content (AvgIpc) is 2.41. The predicted molar refractivity (Wildman–Crippen MR) is 79.5 cm³/mol. The highest BCUT2D eigenvalue weighted by Gasteiger charge is 2.11. The van der Waals surface area contributed by atoms with E-state index in [2.05, 4.69) is 21.2 Å². The van der Waals surface area contributed by atoms with Crippen molar-refractivity contribution < 1.29 is 9.53 Å². The number of carbonyl (C=O) groups excluding carboxylic acids is 1. The molecule has 0 radical (unpaired) electrons. The molecule has 0 aliphatic rings. The Morgan fingerprint density at radius 3 is 2.79 bits per heavy atom. The molecule has 2 aromatic rings. The molecule has 0 atom stereocenters. The van der Waals surface area contributed by atoms with Crippen LogP contribution < -0.4 is 15.8 Å². The maximum atomic E-state index is 12.1. The molecule has 0 saturated carbocycles. The Morgan fingerprint density at radius 2 is 2.05 bits per heavy atom. The van der Waals surface area contributed by atoms with Crippen molar-refractivity contribution >= 4 is 33.2 Å². The Morgan fingerprint density at radius 1 is 1.26 bits per heavy atom. The third kappa shape index (κ3) is 3.26. The number of benzene rings is 2. The minimum Gasteiger partial charge on any atom is -0.497 e. The lowest BCUT2D eigenvalue weighted by molar-refractivity contribution is 0.102. The van der Waals surface area contributed by atoms with Crippen LogP contribution >= 0.6 is 15.9 Å². The first kappa shape index (κ1) is 13.4. The molecule has 0 bridgehead atoms. The molecule has 0 aliphatic heterocycles. The van der Waals surface area contributed by atoms with E-state index in [-0.39, 0.29) is 5.91 Å². The fourth-order valence-corrected chi connectivity index (χ4v) is 2.04. The first-order valence-electron chi connectivity index (χ1n) is 5.60. The van der Waals surface area contributed by atoms with Crippen LogP contribution in [0, 0.1) is 0 Å². The van der Waals surface area contributed by atoms with Crippen molar-refractivity contribution in [1.82, 2.24) is 0 Å². The monoisotopic (exact) mass is 320 g/mol. The Bertz CT molecular complexity index is 614. The number of anilines is 2. The Kier molecular flexibility index (Phi) is 4.06. The second-order valence-electron chi connectivity index (χ2n) is 3.93. The highest BCUT2D eigenvalue weighted by Crippen LogP contribution is 2.22. The summed E-state index contributed by atoms with van der Waals surface area (Å²) in [5.41, 5.74) is 7.38. The summed E-state index contributed by atoms with van der Waals surface area (Å²) in [6.07, 6.45) is 0. The van der Waals surface area contributed by atoms with Gasteiger partial charge in [0.2, 0.25) is 0 Å². The van der Waals surface area contributed by atoms with Crippen molar-refractivity contribution in [1.29, 1.82) is 0 Å². The van der Waals surface area contributed by atoms with Crippen molar-refractivity contribution in [3.8, 4) is 5.75 Å². The third-order valence-corrected chi connectivity index (χ3v) is 3.25. The van der Waals surface area contributed by atoms with Gasteiger partial charge in [0.15, 0.2) is 0 Å². The molecule has 3 N–H and O–H groups in total. The maximum Gasteiger partial charge on any atom is 0.256 e. The zero-order valence-electron chi connectivity index (χ0n) is 10.3. The van der Waals surface area contributed by atoms with Crippen LogP contribution in [0.2, 0.25) is 0 Å². The second-order valence-corrected chi connectivity index (χ2v) is 4.78. The first-order chi connectivity index (χ1) is 9.10. The lowest BCUT2D eigenvalue weighted by Crippen LogP contribution is -2.13. The molecule has 0 saturated heterocycles. The molecule has 0 spiro atoms. The quantitative estimate of drug-likeness (QED) is 0.853. The fraction of sp³-hybridized carbons (Fsp3) is 0.0714. The largest absolute Gasteiger partial charge is 0.497 e. The van der Waals surface area contributed by atoms with Gasteiger partial charge in [0, 0.05) is 21.9 Å². The van der Waals surface area contributed by atoms with Crippen molar-refractivity contribution in [2.45, 2.75) is 0 Å². The number of rotatable bonds is 3. The van der Waals surface area contributed by atoms with Gasteiger partial charge in [-0.05, 0) is 46.3 Å². The summed E-state index contributed by atoms with van der Waals surface area (Å²) in [6, 6.07) is 12.3. The normalized spacial score (nSPS) is 10.0. The van der Waals surface area contributed by atoms with Crippen LogP contribution in [0.1, 0.15) is 10.4 Å². The van der Waals surface area contributed by atoms with Gasteiger partial charge in [-0.3, -0.25) is 4.79 Å². The van der Waals surface area contributed by atoms with Crippen molar-refractivity contribution in [3.05, 3.63) is 52.5 Å². The lowest BCUT2D eigenvalue weighted by atomic mass is 10.2. The number of nitrogen functional groups attached to an aromatic ring is 1. The van der Waals surface area contributed by atoms with Crippen LogP contribution in [0.15, 0.2) is 46.9 Å². The Hall–Kier alpha value is -2.01. The van der Waals surface area contributed by atoms with Crippen LogP contribution in [0.5, 0.6) is 5.75 Å². The molecule has 19 heavy (non-hydrogen) atoms. The number of methoxy groups -OCH3 is 1. The Balaban J connectivity index is 2.23. The van der Waals surface area contributed by atoms with E-state index < -0.39 is 0 Å². The zero-order valence-corrected chi connectivity index (χ0v) is 11.9. The Labute approximate surface area is 119 Å². The standard InChI is InChI=1S/C14H13BrN2O2/c1-19-11-4-2-3-10(8-11)17-14(18)12-7-9(16)5-6-13(12)15/h2-8H,16H2,1H3,(H,17,18). The fourth-order valence-electron chi connectivity index (χ4n) is 1.62. The molecule has 2 aromatic carbocycles. The molecule has 4 nitrogen and oxygen atoms in total. The maximum absolute atomic E-state index is 12.1. The molecule has 0 aromatic heterocycles. The molecule has 0 heterocycles. The van der Waals surface area contributed by atoms with Crippen molar-refractivity contribution in [2.24, 2.45) is 0 Å². The summed E-state index contributed by atoms with van der Waals surface area (Å²) in [4.78, 5) is 12.1. The number of ether oxygens (including phenoxy) is 1. The summed E-state index contributed by atoms with van der Waals surface area (Å²) in [5.74, 6) is 0.455. The molecule has 1 amide bonds. The minimum absolute atomic E-state index is 0.229. The van der Waals surface area contributed by atoms with Gasteiger partial charge in [-0.25, -0.2) is 0 Å². The second kappa shape index (κ2) is 5.75. The van der Waals surface area contributed by atoms with Crippen LogP contribution in [0.4, 0.5) is 11.4 Å². The molecule has 98 valence electrons. The first-order valence-corrected chi connectivity index (χ1v) is 6.40. The van der Waals surface area contributed by atoms with E-state index in [1.807, 2.05) is 12.1 Å². The smallest absolute Gasteiger partial charge is 0.256 e. The summed E-state index contributed by atoms with van der Waals surface area (Å²) in [5, 5.41) is 2.80. The van der Waals surface area contributed by atoms with E-state index >= 15 is 0 Å². The van der Waals surface area contributed by atoms with Gasteiger partial charge in [-0.1, -0.05) is 6.07 Å². The van der Waals surface area contributed by atoms with Crippen LogP contribution in [0.25, 0.3) is 0 Å². The topological polar surface area (TPSA) is 64.3 Å². The van der Waals surface area contributed by atoms with Gasteiger partial charge in [-0.15, -0.1) is 0 Å². The number of amides is 1. The summed E-state index contributed by atoms with van der Waals surface area (Å²) in [7, 11) is 1.58. The minimum atomic E-state index is -0.229. The van der Waals surface area contributed by atoms with E-state index in [9.17, 15) is 4.79 Å². The number of carbonyl (C=O) groups is 1.